The van der Waals surface area contributed by atoms with E-state index in [4.69, 9.17) is 14.2 Å². The van der Waals surface area contributed by atoms with E-state index in [1.165, 1.54) is 0 Å². The van der Waals surface area contributed by atoms with Crippen molar-refractivity contribution in [2.24, 2.45) is 0 Å². The number of carbonyl (C=O) groups excluding carboxylic acids is 1. The zero-order chi connectivity index (χ0) is 24.7. The average Bonchev–Trinajstić information content (AvgIpc) is 2.81. The molecule has 3 aromatic rings. The lowest BCUT2D eigenvalue weighted by Crippen LogP contribution is -2.06. The first kappa shape index (κ1) is 25.2. The van der Waals surface area contributed by atoms with Gasteiger partial charge in [0.1, 0.15) is 17.2 Å². The molecule has 5 heteroatoms. The number of ether oxygens (including phenoxy) is 3. The van der Waals surface area contributed by atoms with E-state index >= 15 is 0 Å². The zero-order valence-electron chi connectivity index (χ0n) is 21.0. The Bertz CT molecular complexity index is 1110. The van der Waals surface area contributed by atoms with Crippen molar-refractivity contribution in [3.8, 4) is 17.2 Å². The van der Waals surface area contributed by atoms with Crippen LogP contribution in [0.1, 0.15) is 55.4 Å². The van der Waals surface area contributed by atoms with Crippen molar-refractivity contribution in [1.82, 2.24) is 0 Å². The standard InChI is InChI=1S/C29H35NO4/c1-7-33-28(31)15-12-22-10-8-9-11-26(22)30-23-16-20(4)29(21(5)17-23)34-27-14-13-24(32-6)18-25(27)19(2)3/h8-11,13-14,16-19,30H,7,12,15H2,1-6H3. The highest BCUT2D eigenvalue weighted by Crippen LogP contribution is 2.37. The highest BCUT2D eigenvalue weighted by atomic mass is 16.5. The topological polar surface area (TPSA) is 56.8 Å². The number of hydrogen-bond donors (Lipinski definition) is 1. The molecule has 0 saturated heterocycles. The first-order valence-corrected chi connectivity index (χ1v) is 11.8. The van der Waals surface area contributed by atoms with E-state index in [1.54, 1.807) is 7.11 Å². The number of esters is 1. The van der Waals surface area contributed by atoms with E-state index in [1.807, 2.05) is 49.4 Å². The van der Waals surface area contributed by atoms with Gasteiger partial charge in [0.05, 0.1) is 13.7 Å². The van der Waals surface area contributed by atoms with Gasteiger partial charge in [0.15, 0.2) is 0 Å². The highest BCUT2D eigenvalue weighted by Gasteiger charge is 2.15. The van der Waals surface area contributed by atoms with Crippen LogP contribution in [0.25, 0.3) is 0 Å². The summed E-state index contributed by atoms with van der Waals surface area (Å²) in [6.45, 7) is 10.6. The first-order valence-electron chi connectivity index (χ1n) is 11.8. The molecule has 0 fully saturated rings. The van der Waals surface area contributed by atoms with Crippen LogP contribution in [0.2, 0.25) is 0 Å². The fourth-order valence-corrected chi connectivity index (χ4v) is 3.98. The Labute approximate surface area is 203 Å². The maximum Gasteiger partial charge on any atom is 0.306 e. The van der Waals surface area contributed by atoms with Gasteiger partial charge in [-0.05, 0) is 86.2 Å². The molecule has 0 saturated carbocycles. The lowest BCUT2D eigenvalue weighted by Gasteiger charge is -2.19. The number of methoxy groups -OCH3 is 1. The van der Waals surface area contributed by atoms with Gasteiger partial charge in [0.25, 0.3) is 0 Å². The van der Waals surface area contributed by atoms with Gasteiger partial charge in [-0.15, -0.1) is 0 Å². The second-order valence-electron chi connectivity index (χ2n) is 8.69. The van der Waals surface area contributed by atoms with E-state index < -0.39 is 0 Å². The highest BCUT2D eigenvalue weighted by molar-refractivity contribution is 5.71. The summed E-state index contributed by atoms with van der Waals surface area (Å²) in [6, 6.07) is 18.1. The van der Waals surface area contributed by atoms with E-state index in [0.717, 1.165) is 50.9 Å². The van der Waals surface area contributed by atoms with Crippen molar-refractivity contribution >= 4 is 17.3 Å². The summed E-state index contributed by atoms with van der Waals surface area (Å²) < 4.78 is 16.9. The zero-order valence-corrected chi connectivity index (χ0v) is 21.0. The van der Waals surface area contributed by atoms with Gasteiger partial charge in [0, 0.05) is 23.4 Å². The van der Waals surface area contributed by atoms with Crippen molar-refractivity contribution in [3.63, 3.8) is 0 Å². The van der Waals surface area contributed by atoms with Gasteiger partial charge in [-0.3, -0.25) is 4.79 Å². The SMILES string of the molecule is CCOC(=O)CCc1ccccc1Nc1cc(C)c(Oc2ccc(OC)cc2C(C)C)c(C)c1. The Morgan fingerprint density at radius 3 is 2.35 bits per heavy atom. The molecule has 0 atom stereocenters. The van der Waals surface area contributed by atoms with Crippen LogP contribution >= 0.6 is 0 Å². The quantitative estimate of drug-likeness (QED) is 0.317. The van der Waals surface area contributed by atoms with E-state index in [-0.39, 0.29) is 5.97 Å². The Morgan fingerprint density at radius 2 is 1.71 bits per heavy atom. The Balaban J connectivity index is 1.82. The minimum Gasteiger partial charge on any atom is -0.497 e. The van der Waals surface area contributed by atoms with Crippen molar-refractivity contribution in [2.45, 2.75) is 53.4 Å². The van der Waals surface area contributed by atoms with Crippen molar-refractivity contribution in [2.75, 3.05) is 19.0 Å². The van der Waals surface area contributed by atoms with E-state index in [0.29, 0.717) is 25.4 Å². The predicted octanol–water partition coefficient (Wildman–Crippen LogP) is 7.47. The normalized spacial score (nSPS) is 10.8. The van der Waals surface area contributed by atoms with Crippen molar-refractivity contribution in [1.29, 1.82) is 0 Å². The lowest BCUT2D eigenvalue weighted by atomic mass is 10.0. The van der Waals surface area contributed by atoms with Gasteiger partial charge in [0.2, 0.25) is 0 Å². The van der Waals surface area contributed by atoms with Gasteiger partial charge in [-0.2, -0.15) is 0 Å². The predicted molar refractivity (Wildman–Crippen MR) is 138 cm³/mol. The fraction of sp³-hybridized carbons (Fsp3) is 0.345. The molecular formula is C29H35NO4. The third kappa shape index (κ3) is 6.31. The molecule has 0 unspecified atom stereocenters. The van der Waals surface area contributed by atoms with Gasteiger partial charge >= 0.3 is 5.97 Å². The Morgan fingerprint density at radius 1 is 1.00 bits per heavy atom. The monoisotopic (exact) mass is 461 g/mol. The summed E-state index contributed by atoms with van der Waals surface area (Å²) in [4.78, 5) is 11.8. The summed E-state index contributed by atoms with van der Waals surface area (Å²) >= 11 is 0. The van der Waals surface area contributed by atoms with Crippen molar-refractivity contribution in [3.05, 3.63) is 76.9 Å². The van der Waals surface area contributed by atoms with Crippen LogP contribution in [0.5, 0.6) is 17.2 Å². The molecule has 0 aliphatic rings. The van der Waals surface area contributed by atoms with E-state index in [2.05, 4.69) is 45.1 Å². The molecule has 0 bridgehead atoms. The van der Waals surface area contributed by atoms with Crippen molar-refractivity contribution < 1.29 is 19.0 Å². The number of benzene rings is 3. The Hall–Kier alpha value is -3.47. The molecule has 0 radical (unpaired) electrons. The number of aryl methyl sites for hydroxylation is 3. The van der Waals surface area contributed by atoms with Gasteiger partial charge in [-0.1, -0.05) is 32.0 Å². The molecule has 3 aromatic carbocycles. The number of anilines is 2. The summed E-state index contributed by atoms with van der Waals surface area (Å²) in [7, 11) is 1.68. The molecule has 0 aromatic heterocycles. The summed E-state index contributed by atoms with van der Waals surface area (Å²) in [5, 5.41) is 3.52. The molecule has 3 rings (SSSR count). The molecule has 0 spiro atoms. The molecule has 34 heavy (non-hydrogen) atoms. The number of hydrogen-bond acceptors (Lipinski definition) is 5. The fourth-order valence-electron chi connectivity index (χ4n) is 3.98. The first-order chi connectivity index (χ1) is 16.3. The third-order valence-electron chi connectivity index (χ3n) is 5.71. The molecule has 0 amide bonds. The summed E-state index contributed by atoms with van der Waals surface area (Å²) in [5.74, 6) is 2.65. The maximum absolute atomic E-state index is 11.8. The van der Waals surface area contributed by atoms with Crippen LogP contribution in [0.15, 0.2) is 54.6 Å². The van der Waals surface area contributed by atoms with Crippen LogP contribution in [0.3, 0.4) is 0 Å². The van der Waals surface area contributed by atoms with Gasteiger partial charge in [-0.25, -0.2) is 0 Å². The lowest BCUT2D eigenvalue weighted by molar-refractivity contribution is -0.143. The van der Waals surface area contributed by atoms with Crippen LogP contribution in [-0.4, -0.2) is 19.7 Å². The Kier molecular flexibility index (Phi) is 8.58. The van der Waals surface area contributed by atoms with E-state index in [9.17, 15) is 4.79 Å². The number of carbonyl (C=O) groups is 1. The van der Waals surface area contributed by atoms with Crippen LogP contribution in [0, 0.1) is 13.8 Å². The molecule has 180 valence electrons. The van der Waals surface area contributed by atoms with Crippen LogP contribution in [-0.2, 0) is 16.0 Å². The minimum absolute atomic E-state index is 0.176. The number of nitrogens with one attached hydrogen (secondary N) is 1. The number of para-hydroxylation sites is 1. The average molecular weight is 462 g/mol. The second-order valence-corrected chi connectivity index (χ2v) is 8.69. The second kappa shape index (κ2) is 11.6. The molecule has 0 aliphatic carbocycles. The molecule has 0 aliphatic heterocycles. The summed E-state index contributed by atoms with van der Waals surface area (Å²) in [6.07, 6.45) is 0.980. The maximum atomic E-state index is 11.8. The summed E-state index contributed by atoms with van der Waals surface area (Å²) in [5.41, 5.74) is 6.22. The van der Waals surface area contributed by atoms with Crippen LogP contribution in [0.4, 0.5) is 11.4 Å². The largest absolute Gasteiger partial charge is 0.497 e. The molecule has 0 heterocycles. The van der Waals surface area contributed by atoms with Gasteiger partial charge < -0.3 is 19.5 Å². The molecule has 5 nitrogen and oxygen atoms in total. The number of rotatable bonds is 10. The smallest absolute Gasteiger partial charge is 0.306 e. The molecular weight excluding hydrogens is 426 g/mol. The third-order valence-corrected chi connectivity index (χ3v) is 5.71. The minimum atomic E-state index is -0.176. The van der Waals surface area contributed by atoms with Crippen LogP contribution < -0.4 is 14.8 Å². The molecule has 1 N–H and O–H groups in total.